The molecule has 138 valence electrons. The Bertz CT molecular complexity index is 776. The Morgan fingerprint density at radius 2 is 2.04 bits per heavy atom. The molecule has 2 fully saturated rings. The van der Waals surface area contributed by atoms with E-state index in [9.17, 15) is 4.79 Å². The second kappa shape index (κ2) is 7.15. The Labute approximate surface area is 153 Å². The summed E-state index contributed by atoms with van der Waals surface area (Å²) in [6.45, 7) is 2.04. The molecule has 26 heavy (non-hydrogen) atoms. The molecule has 3 N–H and O–H groups in total. The molecule has 0 aliphatic heterocycles. The molecular formula is C19H26N6O. The molecular weight excluding hydrogens is 328 g/mol. The molecule has 2 aromatic heterocycles. The maximum atomic E-state index is 12.7. The van der Waals surface area contributed by atoms with Gasteiger partial charge >= 0.3 is 0 Å². The van der Waals surface area contributed by atoms with E-state index in [4.69, 9.17) is 5.73 Å². The monoisotopic (exact) mass is 354 g/mol. The molecule has 2 aliphatic rings. The molecule has 2 heterocycles. The Morgan fingerprint density at radius 1 is 1.27 bits per heavy atom. The summed E-state index contributed by atoms with van der Waals surface area (Å²) in [6, 6.07) is 4.49. The van der Waals surface area contributed by atoms with E-state index in [2.05, 4.69) is 20.6 Å². The highest BCUT2D eigenvalue weighted by atomic mass is 16.2. The van der Waals surface area contributed by atoms with Crippen LogP contribution < -0.4 is 11.1 Å². The lowest BCUT2D eigenvalue weighted by Gasteiger charge is -2.25. The van der Waals surface area contributed by atoms with Crippen molar-refractivity contribution in [3.05, 3.63) is 41.5 Å². The van der Waals surface area contributed by atoms with Crippen LogP contribution in [0.3, 0.4) is 0 Å². The third-order valence-electron chi connectivity index (χ3n) is 5.58. The fourth-order valence-electron chi connectivity index (χ4n) is 3.80. The minimum Gasteiger partial charge on any atom is -0.342 e. The summed E-state index contributed by atoms with van der Waals surface area (Å²) < 4.78 is 1.83. The van der Waals surface area contributed by atoms with Gasteiger partial charge in [0.2, 0.25) is 0 Å². The largest absolute Gasteiger partial charge is 0.342 e. The van der Waals surface area contributed by atoms with Crippen LogP contribution in [0, 0.1) is 12.8 Å². The molecule has 1 atom stereocenters. The molecule has 4 rings (SSSR count). The van der Waals surface area contributed by atoms with E-state index in [0.717, 1.165) is 49.8 Å². The van der Waals surface area contributed by atoms with Crippen molar-refractivity contribution in [2.45, 2.75) is 63.6 Å². The first-order chi connectivity index (χ1) is 12.6. The van der Waals surface area contributed by atoms with Gasteiger partial charge in [-0.15, -0.1) is 5.10 Å². The van der Waals surface area contributed by atoms with Gasteiger partial charge in [-0.25, -0.2) is 4.68 Å². The molecule has 2 aliphatic carbocycles. The van der Waals surface area contributed by atoms with Crippen molar-refractivity contribution in [3.63, 3.8) is 0 Å². The van der Waals surface area contributed by atoms with Crippen LogP contribution in [-0.4, -0.2) is 31.9 Å². The molecule has 0 bridgehead atoms. The number of pyridine rings is 1. The molecule has 0 saturated heterocycles. The van der Waals surface area contributed by atoms with Crippen LogP contribution in [0.1, 0.15) is 72.4 Å². The predicted molar refractivity (Wildman–Crippen MR) is 97.4 cm³/mol. The summed E-state index contributed by atoms with van der Waals surface area (Å²) in [4.78, 5) is 17.2. The highest BCUT2D eigenvalue weighted by Crippen LogP contribution is 2.41. The molecule has 1 amide bonds. The summed E-state index contributed by atoms with van der Waals surface area (Å²) in [6.07, 6.45) is 9.77. The molecule has 2 aromatic rings. The van der Waals surface area contributed by atoms with Gasteiger partial charge in [-0.2, -0.15) is 0 Å². The van der Waals surface area contributed by atoms with Crippen LogP contribution in [0.5, 0.6) is 0 Å². The molecule has 7 heteroatoms. The topological polar surface area (TPSA) is 98.7 Å². The normalized spacial score (nSPS) is 24.2. The van der Waals surface area contributed by atoms with Gasteiger partial charge in [-0.1, -0.05) is 11.3 Å². The van der Waals surface area contributed by atoms with E-state index in [0.29, 0.717) is 23.7 Å². The Kier molecular flexibility index (Phi) is 4.72. The lowest BCUT2D eigenvalue weighted by atomic mass is 9.92. The zero-order valence-electron chi connectivity index (χ0n) is 15.1. The summed E-state index contributed by atoms with van der Waals surface area (Å²) in [5.74, 6) is 0.285. The summed E-state index contributed by atoms with van der Waals surface area (Å²) in [5, 5.41) is 11.4. The number of aromatic nitrogens is 4. The fraction of sp³-hybridized carbons (Fsp3) is 0.579. The number of nitrogens with one attached hydrogen (secondary N) is 1. The SMILES string of the molecule is Cc1cccnc1[C@H](NC(=O)c1cn(C2CCC(N)CC2)nn1)C1CC1. The Hall–Kier alpha value is -2.28. The highest BCUT2D eigenvalue weighted by Gasteiger charge is 2.35. The zero-order chi connectivity index (χ0) is 18.1. The zero-order valence-corrected chi connectivity index (χ0v) is 15.1. The smallest absolute Gasteiger partial charge is 0.274 e. The lowest BCUT2D eigenvalue weighted by Crippen LogP contribution is -2.31. The van der Waals surface area contributed by atoms with Crippen LogP contribution in [0.2, 0.25) is 0 Å². The number of rotatable bonds is 5. The fourth-order valence-corrected chi connectivity index (χ4v) is 3.80. The van der Waals surface area contributed by atoms with Gasteiger partial charge in [-0.3, -0.25) is 9.78 Å². The minimum atomic E-state index is -0.175. The number of carbonyl (C=O) groups is 1. The van der Waals surface area contributed by atoms with Crippen LogP contribution in [-0.2, 0) is 0 Å². The van der Waals surface area contributed by atoms with Crippen molar-refractivity contribution in [1.29, 1.82) is 0 Å². The van der Waals surface area contributed by atoms with Gasteiger partial charge in [0.05, 0.1) is 24.0 Å². The van der Waals surface area contributed by atoms with Gasteiger partial charge in [0.15, 0.2) is 5.69 Å². The van der Waals surface area contributed by atoms with E-state index < -0.39 is 0 Å². The van der Waals surface area contributed by atoms with Gasteiger partial charge in [0, 0.05) is 12.2 Å². The van der Waals surface area contributed by atoms with E-state index in [1.165, 1.54) is 0 Å². The van der Waals surface area contributed by atoms with Gasteiger partial charge in [0.1, 0.15) is 0 Å². The Morgan fingerprint density at radius 3 is 2.73 bits per heavy atom. The maximum absolute atomic E-state index is 12.7. The highest BCUT2D eigenvalue weighted by molar-refractivity contribution is 5.92. The number of aryl methyl sites for hydroxylation is 1. The predicted octanol–water partition coefficient (Wildman–Crippen LogP) is 2.31. The number of hydrogen-bond donors (Lipinski definition) is 2. The van der Waals surface area contributed by atoms with Gasteiger partial charge < -0.3 is 11.1 Å². The van der Waals surface area contributed by atoms with Crippen LogP contribution in [0.25, 0.3) is 0 Å². The number of carbonyl (C=O) groups excluding carboxylic acids is 1. The molecule has 0 radical (unpaired) electrons. The van der Waals surface area contributed by atoms with Crippen molar-refractivity contribution in [2.75, 3.05) is 0 Å². The third kappa shape index (κ3) is 3.62. The average molecular weight is 354 g/mol. The van der Waals surface area contributed by atoms with Crippen molar-refractivity contribution >= 4 is 5.91 Å². The molecule has 0 aromatic carbocycles. The minimum absolute atomic E-state index is 0.0541. The summed E-state index contributed by atoms with van der Waals surface area (Å²) >= 11 is 0. The number of amides is 1. The van der Waals surface area contributed by atoms with Crippen LogP contribution in [0.15, 0.2) is 24.5 Å². The average Bonchev–Trinajstić information content (AvgIpc) is 3.37. The number of nitrogens with zero attached hydrogens (tertiary/aromatic N) is 4. The molecule has 2 saturated carbocycles. The maximum Gasteiger partial charge on any atom is 0.274 e. The lowest BCUT2D eigenvalue weighted by molar-refractivity contribution is 0.0925. The van der Waals surface area contributed by atoms with E-state index in [1.54, 1.807) is 12.4 Å². The summed E-state index contributed by atoms with van der Waals surface area (Å²) in [7, 11) is 0. The van der Waals surface area contributed by atoms with Gasteiger partial charge in [0.25, 0.3) is 5.91 Å². The standard InChI is InChI=1S/C19H26N6O/c1-12-3-2-10-21-17(12)18(13-4-5-13)22-19(26)16-11-25(24-23-16)15-8-6-14(20)7-9-15/h2-3,10-11,13-15,18H,4-9,20H2,1H3,(H,22,26)/t14?,15?,18-/m1/s1. The summed E-state index contributed by atoms with van der Waals surface area (Å²) in [5.41, 5.74) is 8.40. The number of nitrogens with two attached hydrogens (primary N) is 1. The van der Waals surface area contributed by atoms with E-state index in [1.807, 2.05) is 23.7 Å². The van der Waals surface area contributed by atoms with Crippen molar-refractivity contribution in [3.8, 4) is 0 Å². The number of hydrogen-bond acceptors (Lipinski definition) is 5. The van der Waals surface area contributed by atoms with E-state index in [-0.39, 0.29) is 11.9 Å². The third-order valence-corrected chi connectivity index (χ3v) is 5.58. The second-order valence-electron chi connectivity index (χ2n) is 7.65. The second-order valence-corrected chi connectivity index (χ2v) is 7.65. The van der Waals surface area contributed by atoms with E-state index >= 15 is 0 Å². The van der Waals surface area contributed by atoms with Gasteiger partial charge in [-0.05, 0) is 63.0 Å². The Balaban J connectivity index is 1.46. The van der Waals surface area contributed by atoms with Crippen LogP contribution in [0.4, 0.5) is 0 Å². The van der Waals surface area contributed by atoms with Crippen LogP contribution >= 0.6 is 0 Å². The van der Waals surface area contributed by atoms with Crippen molar-refractivity contribution in [1.82, 2.24) is 25.3 Å². The molecule has 0 unspecified atom stereocenters. The quantitative estimate of drug-likeness (QED) is 0.858. The first-order valence-corrected chi connectivity index (χ1v) is 9.51. The van der Waals surface area contributed by atoms with Crippen molar-refractivity contribution in [2.24, 2.45) is 11.7 Å². The molecule has 0 spiro atoms. The first-order valence-electron chi connectivity index (χ1n) is 9.51. The molecule has 7 nitrogen and oxygen atoms in total. The van der Waals surface area contributed by atoms with Crippen molar-refractivity contribution < 1.29 is 4.79 Å². The first kappa shape index (κ1) is 17.1.